The fourth-order valence-electron chi connectivity index (χ4n) is 2.84. The molecule has 24 heavy (non-hydrogen) atoms. The molecule has 0 radical (unpaired) electrons. The number of hydrogen-bond acceptors (Lipinski definition) is 3. The van der Waals surface area contributed by atoms with E-state index >= 15 is 0 Å². The van der Waals surface area contributed by atoms with E-state index in [-0.39, 0.29) is 38.2 Å². The lowest BCUT2D eigenvalue weighted by atomic mass is 10.1. The molecule has 0 aliphatic carbocycles. The van der Waals surface area contributed by atoms with E-state index in [9.17, 15) is 26.0 Å². The molecule has 1 aromatic carbocycles. The van der Waals surface area contributed by atoms with Crippen LogP contribution >= 0.6 is 0 Å². The zero-order valence-corrected chi connectivity index (χ0v) is 13.9. The summed E-state index contributed by atoms with van der Waals surface area (Å²) in [5.74, 6) is -0.685. The molecular weight excluding hydrogens is 350 g/mol. The molecule has 1 aliphatic rings. The van der Waals surface area contributed by atoms with Crippen LogP contribution in [0.15, 0.2) is 24.3 Å². The highest BCUT2D eigenvalue weighted by atomic mass is 32.2. The molecule has 136 valence electrons. The van der Waals surface area contributed by atoms with Gasteiger partial charge in [0, 0.05) is 19.8 Å². The van der Waals surface area contributed by atoms with Gasteiger partial charge in [0.15, 0.2) is 0 Å². The van der Waals surface area contributed by atoms with Gasteiger partial charge in [-0.1, -0.05) is 19.1 Å². The molecular formula is C15H19F4NO3S. The molecule has 0 spiro atoms. The van der Waals surface area contributed by atoms with Crippen molar-refractivity contribution in [3.63, 3.8) is 0 Å². The van der Waals surface area contributed by atoms with Crippen molar-refractivity contribution >= 4 is 10.0 Å². The molecule has 4 nitrogen and oxygen atoms in total. The maximum atomic E-state index is 13.6. The Morgan fingerprint density at radius 3 is 2.21 bits per heavy atom. The van der Waals surface area contributed by atoms with Crippen LogP contribution in [0.4, 0.5) is 17.6 Å². The monoisotopic (exact) mass is 369 g/mol. The molecule has 1 heterocycles. The predicted octanol–water partition coefficient (Wildman–Crippen LogP) is 3.26. The van der Waals surface area contributed by atoms with E-state index in [1.807, 2.05) is 0 Å². The molecule has 2 rings (SSSR count). The standard InChI is InChI=1S/C15H19F4NO3S/c1-2-20(24(21,22)13-7-9-23-10-8-13)14(15(17,18)19)11-3-5-12(16)6-4-11/h3-6,13-14H,2,7-10H2,1H3. The predicted molar refractivity (Wildman–Crippen MR) is 80.3 cm³/mol. The minimum absolute atomic E-state index is 0.160. The summed E-state index contributed by atoms with van der Waals surface area (Å²) in [4.78, 5) is 0. The van der Waals surface area contributed by atoms with E-state index in [1.54, 1.807) is 0 Å². The van der Waals surface area contributed by atoms with E-state index < -0.39 is 33.3 Å². The van der Waals surface area contributed by atoms with Gasteiger partial charge in [-0.25, -0.2) is 12.8 Å². The number of rotatable bonds is 5. The van der Waals surface area contributed by atoms with E-state index in [0.717, 1.165) is 24.3 Å². The first-order chi connectivity index (χ1) is 11.2. The van der Waals surface area contributed by atoms with Gasteiger partial charge in [-0.3, -0.25) is 0 Å². The van der Waals surface area contributed by atoms with E-state index in [0.29, 0.717) is 4.31 Å². The minimum Gasteiger partial charge on any atom is -0.381 e. The SMILES string of the molecule is CCN(C(c1ccc(F)cc1)C(F)(F)F)S(=O)(=O)C1CCOCC1. The van der Waals surface area contributed by atoms with Crippen molar-refractivity contribution in [3.05, 3.63) is 35.6 Å². The second kappa shape index (κ2) is 7.37. The molecule has 0 N–H and O–H groups in total. The second-order valence-corrected chi connectivity index (χ2v) is 7.72. The highest BCUT2D eigenvalue weighted by Gasteiger charge is 2.50. The molecule has 1 saturated heterocycles. The van der Waals surface area contributed by atoms with Gasteiger partial charge < -0.3 is 4.74 Å². The summed E-state index contributed by atoms with van der Waals surface area (Å²) < 4.78 is 84.9. The van der Waals surface area contributed by atoms with Crippen LogP contribution < -0.4 is 0 Å². The Balaban J connectivity index is 2.43. The van der Waals surface area contributed by atoms with E-state index in [1.165, 1.54) is 6.92 Å². The van der Waals surface area contributed by atoms with Crippen molar-refractivity contribution in [2.75, 3.05) is 19.8 Å². The third kappa shape index (κ3) is 4.07. The number of hydrogen-bond donors (Lipinski definition) is 0. The number of sulfonamides is 1. The Morgan fingerprint density at radius 2 is 1.75 bits per heavy atom. The molecule has 1 fully saturated rings. The largest absolute Gasteiger partial charge is 0.409 e. The van der Waals surface area contributed by atoms with E-state index in [2.05, 4.69) is 0 Å². The van der Waals surface area contributed by atoms with Crippen molar-refractivity contribution in [3.8, 4) is 0 Å². The van der Waals surface area contributed by atoms with Gasteiger partial charge >= 0.3 is 6.18 Å². The van der Waals surface area contributed by atoms with Crippen molar-refractivity contribution in [1.82, 2.24) is 4.31 Å². The molecule has 1 aromatic rings. The molecule has 0 amide bonds. The molecule has 0 aromatic heterocycles. The topological polar surface area (TPSA) is 46.6 Å². The van der Waals surface area contributed by atoms with E-state index in [4.69, 9.17) is 4.74 Å². The fraction of sp³-hybridized carbons (Fsp3) is 0.600. The first-order valence-electron chi connectivity index (χ1n) is 7.58. The van der Waals surface area contributed by atoms with Gasteiger partial charge in [-0.05, 0) is 30.5 Å². The first-order valence-corrected chi connectivity index (χ1v) is 9.08. The molecule has 0 bridgehead atoms. The summed E-state index contributed by atoms with van der Waals surface area (Å²) >= 11 is 0. The maximum Gasteiger partial charge on any atom is 0.409 e. The van der Waals surface area contributed by atoms with Crippen LogP contribution in [0.2, 0.25) is 0 Å². The van der Waals surface area contributed by atoms with Gasteiger partial charge in [0.25, 0.3) is 0 Å². The van der Waals surface area contributed by atoms with Gasteiger partial charge in [-0.15, -0.1) is 0 Å². The Hall–Kier alpha value is -1.19. The molecule has 0 saturated carbocycles. The van der Waals surface area contributed by atoms with Crippen LogP contribution in [0.5, 0.6) is 0 Å². The summed E-state index contributed by atoms with van der Waals surface area (Å²) in [6.07, 6.45) is -4.49. The average molecular weight is 369 g/mol. The number of alkyl halides is 3. The summed E-state index contributed by atoms with van der Waals surface area (Å²) in [5, 5.41) is -0.906. The normalized spacial score (nSPS) is 18.8. The van der Waals surface area contributed by atoms with Crippen molar-refractivity contribution in [2.24, 2.45) is 0 Å². The lowest BCUT2D eigenvalue weighted by Crippen LogP contribution is -2.47. The Kier molecular flexibility index (Phi) is 5.87. The second-order valence-electron chi connectivity index (χ2n) is 5.56. The summed E-state index contributed by atoms with van der Waals surface area (Å²) in [6.45, 7) is 1.43. The third-order valence-corrected chi connectivity index (χ3v) is 6.45. The fourth-order valence-corrected chi connectivity index (χ4v) is 4.90. The molecule has 1 atom stereocenters. The van der Waals surface area contributed by atoms with Crippen LogP contribution in [0, 0.1) is 5.82 Å². The van der Waals surface area contributed by atoms with Crippen LogP contribution in [-0.4, -0.2) is 43.9 Å². The zero-order chi connectivity index (χ0) is 18.0. The average Bonchev–Trinajstić information content (AvgIpc) is 2.53. The minimum atomic E-state index is -4.81. The first kappa shape index (κ1) is 19.1. The van der Waals surface area contributed by atoms with Crippen LogP contribution in [0.1, 0.15) is 31.4 Å². The van der Waals surface area contributed by atoms with Gasteiger partial charge in [0.1, 0.15) is 11.9 Å². The lowest BCUT2D eigenvalue weighted by Gasteiger charge is -2.35. The Bertz CT molecular complexity index is 640. The van der Waals surface area contributed by atoms with Crippen molar-refractivity contribution in [1.29, 1.82) is 0 Å². The number of nitrogens with zero attached hydrogens (tertiary/aromatic N) is 1. The zero-order valence-electron chi connectivity index (χ0n) is 13.1. The molecule has 9 heteroatoms. The van der Waals surface area contributed by atoms with Crippen LogP contribution in [0.25, 0.3) is 0 Å². The summed E-state index contributed by atoms with van der Waals surface area (Å²) in [6, 6.07) is 1.38. The highest BCUT2D eigenvalue weighted by molar-refractivity contribution is 7.89. The molecule has 1 aliphatic heterocycles. The van der Waals surface area contributed by atoms with Gasteiger partial charge in [-0.2, -0.15) is 17.5 Å². The Morgan fingerprint density at radius 1 is 1.21 bits per heavy atom. The molecule has 1 unspecified atom stereocenters. The van der Waals surface area contributed by atoms with Crippen LogP contribution in [-0.2, 0) is 14.8 Å². The quantitative estimate of drug-likeness (QED) is 0.749. The maximum absolute atomic E-state index is 13.6. The number of halogens is 4. The lowest BCUT2D eigenvalue weighted by molar-refractivity contribution is -0.173. The van der Waals surface area contributed by atoms with Gasteiger partial charge in [0.2, 0.25) is 10.0 Å². The number of benzene rings is 1. The summed E-state index contributed by atoms with van der Waals surface area (Å²) in [7, 11) is -4.18. The van der Waals surface area contributed by atoms with Crippen LogP contribution in [0.3, 0.4) is 0 Å². The van der Waals surface area contributed by atoms with Gasteiger partial charge in [0.05, 0.1) is 5.25 Å². The van der Waals surface area contributed by atoms with Crippen molar-refractivity contribution in [2.45, 2.75) is 37.2 Å². The van der Waals surface area contributed by atoms with Crippen molar-refractivity contribution < 1.29 is 30.7 Å². The third-order valence-electron chi connectivity index (χ3n) is 4.01. The smallest absolute Gasteiger partial charge is 0.381 e. The summed E-state index contributed by atoms with van der Waals surface area (Å²) in [5.41, 5.74) is -0.304. The Labute approximate surface area is 138 Å². The number of ether oxygens (including phenoxy) is 1. The highest BCUT2D eigenvalue weighted by Crippen LogP contribution is 2.40.